The van der Waals surface area contributed by atoms with Gasteiger partial charge in [-0.2, -0.15) is 0 Å². The van der Waals surface area contributed by atoms with Crippen molar-refractivity contribution in [3.63, 3.8) is 0 Å². The van der Waals surface area contributed by atoms with Gasteiger partial charge in [0.15, 0.2) is 0 Å². The molecule has 2 N–H and O–H groups in total. The van der Waals surface area contributed by atoms with Crippen molar-refractivity contribution in [2.24, 2.45) is 5.73 Å². The van der Waals surface area contributed by atoms with Crippen molar-refractivity contribution in [3.05, 3.63) is 41.6 Å². The van der Waals surface area contributed by atoms with Gasteiger partial charge in [0.1, 0.15) is 0 Å². The first kappa shape index (κ1) is 12.0. The molecule has 0 radical (unpaired) electrons. The van der Waals surface area contributed by atoms with Gasteiger partial charge in [-0.3, -0.25) is 4.98 Å². The molecule has 0 amide bonds. The summed E-state index contributed by atoms with van der Waals surface area (Å²) >= 11 is 0. The molecule has 1 aromatic carbocycles. The molecule has 0 bridgehead atoms. The number of hydrogen-bond acceptors (Lipinski definition) is 3. The predicted molar refractivity (Wildman–Crippen MR) is 70.0 cm³/mol. The van der Waals surface area contributed by atoms with Crippen LogP contribution in [0.1, 0.15) is 11.3 Å². The van der Waals surface area contributed by atoms with Crippen molar-refractivity contribution in [1.29, 1.82) is 0 Å². The Hall–Kier alpha value is -1.45. The fraction of sp³-hybridized carbons (Fsp3) is 0.357. The highest BCUT2D eigenvalue weighted by atomic mass is 16.5. The topological polar surface area (TPSA) is 48.1 Å². The van der Waals surface area contributed by atoms with Crippen LogP contribution in [0.4, 0.5) is 0 Å². The number of para-hydroxylation sites is 1. The van der Waals surface area contributed by atoms with Crippen LogP contribution in [0.5, 0.6) is 0 Å². The Bertz CT molecular complexity index is 511. The average Bonchev–Trinajstić information content (AvgIpc) is 2.29. The molecule has 3 nitrogen and oxygen atoms in total. The van der Waals surface area contributed by atoms with E-state index >= 15 is 0 Å². The molecule has 1 atom stereocenters. The molecule has 0 saturated heterocycles. The summed E-state index contributed by atoms with van der Waals surface area (Å²) in [7, 11) is 1.68. The number of pyridine rings is 1. The molecule has 0 aliphatic heterocycles. The zero-order chi connectivity index (χ0) is 12.3. The maximum absolute atomic E-state index is 6.01. The number of hydrogen-bond donors (Lipinski definition) is 1. The zero-order valence-corrected chi connectivity index (χ0v) is 10.3. The number of ether oxygens (including phenoxy) is 1. The van der Waals surface area contributed by atoms with Crippen molar-refractivity contribution in [2.45, 2.75) is 19.4 Å². The molecule has 2 aromatic rings. The van der Waals surface area contributed by atoms with Crippen LogP contribution < -0.4 is 5.73 Å². The van der Waals surface area contributed by atoms with Crippen LogP contribution in [0.3, 0.4) is 0 Å². The molecular formula is C14H18N2O. The summed E-state index contributed by atoms with van der Waals surface area (Å²) in [6, 6.07) is 10.3. The fourth-order valence-corrected chi connectivity index (χ4v) is 2.12. The van der Waals surface area contributed by atoms with E-state index in [1.807, 2.05) is 25.1 Å². The first-order valence-corrected chi connectivity index (χ1v) is 5.80. The SMILES string of the molecule is COCC(N)Cc1cc(C)nc2ccccc12. The van der Waals surface area contributed by atoms with E-state index in [4.69, 9.17) is 10.5 Å². The van der Waals surface area contributed by atoms with Crippen LogP contribution in [0.2, 0.25) is 0 Å². The summed E-state index contributed by atoms with van der Waals surface area (Å²) in [6.07, 6.45) is 0.817. The molecule has 0 saturated carbocycles. The van der Waals surface area contributed by atoms with Crippen LogP contribution >= 0.6 is 0 Å². The van der Waals surface area contributed by atoms with Crippen molar-refractivity contribution in [1.82, 2.24) is 4.98 Å². The highest BCUT2D eigenvalue weighted by Gasteiger charge is 2.08. The summed E-state index contributed by atoms with van der Waals surface area (Å²) in [4.78, 5) is 4.52. The second-order valence-corrected chi connectivity index (χ2v) is 4.36. The first-order chi connectivity index (χ1) is 8.20. The van der Waals surface area contributed by atoms with Crippen molar-refractivity contribution in [3.8, 4) is 0 Å². The molecule has 0 aliphatic carbocycles. The van der Waals surface area contributed by atoms with Gasteiger partial charge in [0.25, 0.3) is 0 Å². The largest absolute Gasteiger partial charge is 0.383 e. The van der Waals surface area contributed by atoms with Crippen molar-refractivity contribution < 1.29 is 4.74 Å². The van der Waals surface area contributed by atoms with Gasteiger partial charge < -0.3 is 10.5 Å². The molecule has 3 heteroatoms. The number of fused-ring (bicyclic) bond motifs is 1. The number of methoxy groups -OCH3 is 1. The lowest BCUT2D eigenvalue weighted by Gasteiger charge is -2.13. The van der Waals surface area contributed by atoms with E-state index in [2.05, 4.69) is 17.1 Å². The quantitative estimate of drug-likeness (QED) is 0.874. The van der Waals surface area contributed by atoms with Crippen molar-refractivity contribution in [2.75, 3.05) is 13.7 Å². The molecule has 1 aromatic heterocycles. The van der Waals surface area contributed by atoms with E-state index in [0.717, 1.165) is 17.6 Å². The van der Waals surface area contributed by atoms with E-state index < -0.39 is 0 Å². The Morgan fingerprint density at radius 2 is 2.12 bits per heavy atom. The van der Waals surface area contributed by atoms with Gasteiger partial charge in [0.2, 0.25) is 0 Å². The van der Waals surface area contributed by atoms with Gasteiger partial charge in [-0.05, 0) is 31.0 Å². The third-order valence-electron chi connectivity index (χ3n) is 2.79. The smallest absolute Gasteiger partial charge is 0.0707 e. The lowest BCUT2D eigenvalue weighted by Crippen LogP contribution is -2.28. The molecule has 0 spiro atoms. The van der Waals surface area contributed by atoms with E-state index in [1.54, 1.807) is 7.11 Å². The van der Waals surface area contributed by atoms with Crippen molar-refractivity contribution >= 4 is 10.9 Å². The lowest BCUT2D eigenvalue weighted by atomic mass is 10.0. The van der Waals surface area contributed by atoms with Crippen LogP contribution in [-0.4, -0.2) is 24.7 Å². The summed E-state index contributed by atoms with van der Waals surface area (Å²) in [6.45, 7) is 2.59. The maximum atomic E-state index is 6.01. The minimum absolute atomic E-state index is 0.0326. The Morgan fingerprint density at radius 1 is 1.35 bits per heavy atom. The van der Waals surface area contributed by atoms with Gasteiger partial charge in [0, 0.05) is 24.2 Å². The summed E-state index contributed by atoms with van der Waals surface area (Å²) < 4.78 is 5.08. The third-order valence-corrected chi connectivity index (χ3v) is 2.79. The molecule has 0 aliphatic rings. The molecule has 1 unspecified atom stereocenters. The Balaban J connectivity index is 2.38. The molecule has 1 heterocycles. The highest BCUT2D eigenvalue weighted by Crippen LogP contribution is 2.19. The second-order valence-electron chi connectivity index (χ2n) is 4.36. The third kappa shape index (κ3) is 2.81. The summed E-state index contributed by atoms with van der Waals surface area (Å²) in [5.41, 5.74) is 9.32. The van der Waals surface area contributed by atoms with Gasteiger partial charge in [-0.15, -0.1) is 0 Å². The van der Waals surface area contributed by atoms with Gasteiger partial charge in [0.05, 0.1) is 12.1 Å². The van der Waals surface area contributed by atoms with E-state index in [0.29, 0.717) is 6.61 Å². The van der Waals surface area contributed by atoms with E-state index in [-0.39, 0.29) is 6.04 Å². The molecule has 2 rings (SSSR count). The lowest BCUT2D eigenvalue weighted by molar-refractivity contribution is 0.180. The van der Waals surface area contributed by atoms with Crippen LogP contribution in [-0.2, 0) is 11.2 Å². The minimum atomic E-state index is 0.0326. The van der Waals surface area contributed by atoms with Gasteiger partial charge in [-0.25, -0.2) is 0 Å². The second kappa shape index (κ2) is 5.25. The standard InChI is InChI=1S/C14H18N2O/c1-10-7-11(8-12(15)9-17-2)13-5-3-4-6-14(13)16-10/h3-7,12H,8-9,15H2,1-2H3. The molecule has 0 fully saturated rings. The van der Waals surface area contributed by atoms with Crippen LogP contribution in [0.15, 0.2) is 30.3 Å². The monoisotopic (exact) mass is 230 g/mol. The molecular weight excluding hydrogens is 212 g/mol. The maximum Gasteiger partial charge on any atom is 0.0707 e. The Morgan fingerprint density at radius 3 is 2.88 bits per heavy atom. The van der Waals surface area contributed by atoms with Crippen LogP contribution in [0, 0.1) is 6.92 Å². The Labute approximate surface area is 102 Å². The average molecular weight is 230 g/mol. The minimum Gasteiger partial charge on any atom is -0.383 e. The fourth-order valence-electron chi connectivity index (χ4n) is 2.12. The highest BCUT2D eigenvalue weighted by molar-refractivity contribution is 5.82. The first-order valence-electron chi connectivity index (χ1n) is 5.80. The number of aryl methyl sites for hydroxylation is 1. The van der Waals surface area contributed by atoms with E-state index in [9.17, 15) is 0 Å². The molecule has 90 valence electrons. The predicted octanol–water partition coefficient (Wildman–Crippen LogP) is 2.06. The van der Waals surface area contributed by atoms with E-state index in [1.165, 1.54) is 10.9 Å². The van der Waals surface area contributed by atoms with Gasteiger partial charge in [-0.1, -0.05) is 18.2 Å². The number of aromatic nitrogens is 1. The summed E-state index contributed by atoms with van der Waals surface area (Å²) in [5, 5.41) is 1.18. The van der Waals surface area contributed by atoms with Crippen LogP contribution in [0.25, 0.3) is 10.9 Å². The zero-order valence-electron chi connectivity index (χ0n) is 10.3. The number of nitrogens with two attached hydrogens (primary N) is 1. The molecule has 17 heavy (non-hydrogen) atoms. The van der Waals surface area contributed by atoms with Gasteiger partial charge >= 0.3 is 0 Å². The normalized spacial score (nSPS) is 12.9. The Kier molecular flexibility index (Phi) is 3.71. The summed E-state index contributed by atoms with van der Waals surface area (Å²) in [5.74, 6) is 0. The number of nitrogens with zero attached hydrogens (tertiary/aromatic N) is 1. The number of rotatable bonds is 4. The number of benzene rings is 1.